The van der Waals surface area contributed by atoms with E-state index in [9.17, 15) is 4.79 Å². The summed E-state index contributed by atoms with van der Waals surface area (Å²) in [4.78, 5) is 18.9. The number of rotatable bonds is 4. The number of nitrogens with zero attached hydrogens (tertiary/aromatic N) is 5. The molecule has 0 N–H and O–H groups in total. The minimum atomic E-state index is 0.0658. The predicted octanol–water partition coefficient (Wildman–Crippen LogP) is 3.22. The van der Waals surface area contributed by atoms with Crippen molar-refractivity contribution >= 4 is 23.6 Å². The van der Waals surface area contributed by atoms with Gasteiger partial charge in [-0.2, -0.15) is 0 Å². The molecule has 0 unspecified atom stereocenters. The van der Waals surface area contributed by atoms with Gasteiger partial charge in [-0.05, 0) is 36.6 Å². The third-order valence-electron chi connectivity index (χ3n) is 5.70. The van der Waals surface area contributed by atoms with E-state index in [4.69, 9.17) is 0 Å². The smallest absolute Gasteiger partial charge is 0.246 e. The molecule has 4 rings (SSSR count). The van der Waals surface area contributed by atoms with Crippen molar-refractivity contribution in [3.05, 3.63) is 54.1 Å². The minimum Gasteiger partial charge on any atom is -0.355 e. The molecule has 152 valence electrons. The second-order valence-corrected chi connectivity index (χ2v) is 7.71. The Balaban J connectivity index is 1.30. The van der Waals surface area contributed by atoms with Gasteiger partial charge < -0.3 is 14.7 Å². The van der Waals surface area contributed by atoms with Crippen LogP contribution in [0.1, 0.15) is 31.2 Å². The van der Waals surface area contributed by atoms with E-state index in [0.29, 0.717) is 13.1 Å². The lowest BCUT2D eigenvalue weighted by Gasteiger charge is -2.34. The summed E-state index contributed by atoms with van der Waals surface area (Å²) in [5, 5.41) is 8.95. The minimum absolute atomic E-state index is 0.0658. The van der Waals surface area contributed by atoms with Crippen molar-refractivity contribution < 1.29 is 4.79 Å². The number of benzene rings is 1. The summed E-state index contributed by atoms with van der Waals surface area (Å²) in [5.41, 5.74) is 1.04. The van der Waals surface area contributed by atoms with E-state index in [1.807, 2.05) is 41.3 Å². The molecule has 0 saturated carbocycles. The van der Waals surface area contributed by atoms with Gasteiger partial charge in [0.2, 0.25) is 5.91 Å². The molecule has 1 aromatic heterocycles. The first-order valence-corrected chi connectivity index (χ1v) is 10.7. The molecule has 0 bridgehead atoms. The largest absolute Gasteiger partial charge is 0.355 e. The second kappa shape index (κ2) is 9.54. The first-order chi connectivity index (χ1) is 14.3. The molecule has 6 nitrogen and oxygen atoms in total. The number of carbonyl (C=O) groups excluding carboxylic acids is 1. The van der Waals surface area contributed by atoms with Crippen LogP contribution >= 0.6 is 0 Å². The molecule has 1 aromatic carbocycles. The number of hydrogen-bond donors (Lipinski definition) is 0. The molecule has 2 saturated heterocycles. The topological polar surface area (TPSA) is 52.6 Å². The van der Waals surface area contributed by atoms with Gasteiger partial charge in [0, 0.05) is 45.3 Å². The van der Waals surface area contributed by atoms with Crippen LogP contribution in [-0.2, 0) is 4.79 Å². The zero-order valence-electron chi connectivity index (χ0n) is 16.9. The normalized spacial score (nSPS) is 18.1. The Hall–Kier alpha value is -2.89. The summed E-state index contributed by atoms with van der Waals surface area (Å²) in [6.07, 6.45) is 8.63. The molecular formula is C23H29N5O. The van der Waals surface area contributed by atoms with Gasteiger partial charge in [-0.3, -0.25) is 4.79 Å². The quantitative estimate of drug-likeness (QED) is 0.749. The summed E-state index contributed by atoms with van der Waals surface area (Å²) in [7, 11) is 0. The summed E-state index contributed by atoms with van der Waals surface area (Å²) in [6.45, 7) is 5.11. The van der Waals surface area contributed by atoms with Crippen LogP contribution in [0.5, 0.6) is 0 Å². The highest BCUT2D eigenvalue weighted by Gasteiger charge is 2.21. The van der Waals surface area contributed by atoms with E-state index in [2.05, 4.69) is 32.1 Å². The van der Waals surface area contributed by atoms with Gasteiger partial charge in [-0.1, -0.05) is 43.2 Å². The van der Waals surface area contributed by atoms with Gasteiger partial charge in [-0.25, -0.2) is 0 Å². The highest BCUT2D eigenvalue weighted by molar-refractivity contribution is 5.91. The lowest BCUT2D eigenvalue weighted by atomic mass is 10.2. The standard InChI is InChI=1S/C23H29N5O/c29-23(13-10-20-8-4-3-5-9-20)28-18-16-27(17-19-28)22-12-11-21(24-25-22)26-14-6-1-2-7-15-26/h3-5,8-13H,1-2,6-7,14-19H2. The highest BCUT2D eigenvalue weighted by atomic mass is 16.2. The highest BCUT2D eigenvalue weighted by Crippen LogP contribution is 2.19. The molecule has 0 radical (unpaired) electrons. The number of carbonyl (C=O) groups is 1. The van der Waals surface area contributed by atoms with E-state index in [1.54, 1.807) is 6.08 Å². The molecule has 1 amide bonds. The Bertz CT molecular complexity index is 805. The number of anilines is 2. The first kappa shape index (κ1) is 19.4. The summed E-state index contributed by atoms with van der Waals surface area (Å²) in [6, 6.07) is 14.1. The number of piperazine rings is 1. The van der Waals surface area contributed by atoms with Crippen molar-refractivity contribution in [2.45, 2.75) is 25.7 Å². The fraction of sp³-hybridized carbons (Fsp3) is 0.435. The molecule has 2 aliphatic heterocycles. The summed E-state index contributed by atoms with van der Waals surface area (Å²) in [5.74, 6) is 1.95. The maximum Gasteiger partial charge on any atom is 0.246 e. The van der Waals surface area contributed by atoms with Gasteiger partial charge in [0.15, 0.2) is 11.6 Å². The van der Waals surface area contributed by atoms with Crippen LogP contribution in [0.4, 0.5) is 11.6 Å². The predicted molar refractivity (Wildman–Crippen MR) is 117 cm³/mol. The Morgan fingerprint density at radius 3 is 1.90 bits per heavy atom. The van der Waals surface area contributed by atoms with Crippen molar-refractivity contribution in [1.82, 2.24) is 15.1 Å². The lowest BCUT2D eigenvalue weighted by molar-refractivity contribution is -0.126. The Labute approximate surface area is 172 Å². The van der Waals surface area contributed by atoms with Crippen LogP contribution in [0.3, 0.4) is 0 Å². The molecule has 6 heteroatoms. The molecule has 3 heterocycles. The van der Waals surface area contributed by atoms with Crippen LogP contribution in [0.2, 0.25) is 0 Å². The van der Waals surface area contributed by atoms with Crippen LogP contribution < -0.4 is 9.80 Å². The average molecular weight is 392 g/mol. The van der Waals surface area contributed by atoms with Gasteiger partial charge in [0.25, 0.3) is 0 Å². The van der Waals surface area contributed by atoms with E-state index in [1.165, 1.54) is 25.7 Å². The van der Waals surface area contributed by atoms with Gasteiger partial charge >= 0.3 is 0 Å². The monoisotopic (exact) mass is 391 g/mol. The zero-order valence-corrected chi connectivity index (χ0v) is 16.9. The van der Waals surface area contributed by atoms with Crippen molar-refractivity contribution in [3.8, 4) is 0 Å². The third-order valence-corrected chi connectivity index (χ3v) is 5.70. The van der Waals surface area contributed by atoms with Crippen molar-refractivity contribution in [2.24, 2.45) is 0 Å². The Morgan fingerprint density at radius 1 is 0.724 bits per heavy atom. The number of aromatic nitrogens is 2. The zero-order chi connectivity index (χ0) is 19.9. The summed E-state index contributed by atoms with van der Waals surface area (Å²) < 4.78 is 0. The maximum absolute atomic E-state index is 12.4. The Kier molecular flexibility index (Phi) is 6.39. The molecule has 2 aliphatic rings. The molecule has 29 heavy (non-hydrogen) atoms. The Morgan fingerprint density at radius 2 is 1.31 bits per heavy atom. The van der Waals surface area contributed by atoms with Gasteiger partial charge in [-0.15, -0.1) is 10.2 Å². The SMILES string of the molecule is O=C(C=Cc1ccccc1)N1CCN(c2ccc(N3CCCCCC3)nn2)CC1. The van der Waals surface area contributed by atoms with Crippen LogP contribution in [0.15, 0.2) is 48.5 Å². The summed E-state index contributed by atoms with van der Waals surface area (Å²) >= 11 is 0. The first-order valence-electron chi connectivity index (χ1n) is 10.7. The number of amides is 1. The van der Waals surface area contributed by atoms with Crippen molar-refractivity contribution in [1.29, 1.82) is 0 Å². The fourth-order valence-electron chi connectivity index (χ4n) is 3.95. The van der Waals surface area contributed by atoms with E-state index >= 15 is 0 Å². The van der Waals surface area contributed by atoms with Crippen LogP contribution in [0, 0.1) is 0 Å². The van der Waals surface area contributed by atoms with Crippen molar-refractivity contribution in [2.75, 3.05) is 49.1 Å². The second-order valence-electron chi connectivity index (χ2n) is 7.71. The molecular weight excluding hydrogens is 362 g/mol. The molecule has 0 spiro atoms. The molecule has 0 aliphatic carbocycles. The van der Waals surface area contributed by atoms with E-state index in [-0.39, 0.29) is 5.91 Å². The van der Waals surface area contributed by atoms with E-state index in [0.717, 1.165) is 43.4 Å². The lowest BCUT2D eigenvalue weighted by Crippen LogP contribution is -2.48. The molecule has 0 atom stereocenters. The molecule has 2 fully saturated rings. The average Bonchev–Trinajstić information content (AvgIpc) is 3.08. The maximum atomic E-state index is 12.4. The van der Waals surface area contributed by atoms with Crippen molar-refractivity contribution in [3.63, 3.8) is 0 Å². The van der Waals surface area contributed by atoms with Gasteiger partial charge in [0.05, 0.1) is 0 Å². The van der Waals surface area contributed by atoms with E-state index < -0.39 is 0 Å². The number of hydrogen-bond acceptors (Lipinski definition) is 5. The van der Waals surface area contributed by atoms with Gasteiger partial charge in [0.1, 0.15) is 0 Å². The van der Waals surface area contributed by atoms with Crippen LogP contribution in [0.25, 0.3) is 6.08 Å². The molecule has 2 aromatic rings. The fourth-order valence-corrected chi connectivity index (χ4v) is 3.95. The van der Waals surface area contributed by atoms with Crippen LogP contribution in [-0.4, -0.2) is 60.3 Å². The third kappa shape index (κ3) is 5.13.